The predicted molar refractivity (Wildman–Crippen MR) is 74.8 cm³/mol. The molecule has 1 aromatic carbocycles. The van der Waals surface area contributed by atoms with Crippen molar-refractivity contribution in [2.24, 2.45) is 0 Å². The molecular weight excluding hydrogens is 248 g/mol. The fourth-order valence-electron chi connectivity index (χ4n) is 1.50. The van der Waals surface area contributed by atoms with Crippen LogP contribution in [0.5, 0.6) is 5.75 Å². The van der Waals surface area contributed by atoms with Crippen LogP contribution in [0.4, 0.5) is 11.4 Å². The standard InChI is InChI=1S/C14H15ClN2O/c1-2-9-18-13-5-3-11(4-6-13)17-12-7-8-16-14(15)10-12/h3-8,10H,2,9H2,1H3,(H,16,17). The number of ether oxygens (including phenoxy) is 1. The minimum Gasteiger partial charge on any atom is -0.494 e. The molecule has 0 amide bonds. The van der Waals surface area contributed by atoms with Gasteiger partial charge in [-0.25, -0.2) is 4.98 Å². The quantitative estimate of drug-likeness (QED) is 0.817. The third-order valence-corrected chi connectivity index (χ3v) is 2.55. The van der Waals surface area contributed by atoms with Gasteiger partial charge in [-0.15, -0.1) is 0 Å². The molecule has 18 heavy (non-hydrogen) atoms. The van der Waals surface area contributed by atoms with Crippen LogP contribution in [0.1, 0.15) is 13.3 Å². The Hall–Kier alpha value is -1.74. The Labute approximate surface area is 112 Å². The monoisotopic (exact) mass is 262 g/mol. The molecule has 0 bridgehead atoms. The molecule has 1 N–H and O–H groups in total. The van der Waals surface area contributed by atoms with Gasteiger partial charge in [-0.1, -0.05) is 18.5 Å². The molecule has 1 aromatic heterocycles. The molecule has 0 aliphatic rings. The van der Waals surface area contributed by atoms with E-state index in [1.54, 1.807) is 12.3 Å². The lowest BCUT2D eigenvalue weighted by Gasteiger charge is -2.08. The summed E-state index contributed by atoms with van der Waals surface area (Å²) in [5.74, 6) is 0.884. The second-order valence-electron chi connectivity index (χ2n) is 3.87. The van der Waals surface area contributed by atoms with Gasteiger partial charge in [0, 0.05) is 17.6 Å². The zero-order chi connectivity index (χ0) is 12.8. The second kappa shape index (κ2) is 6.26. The summed E-state index contributed by atoms with van der Waals surface area (Å²) in [7, 11) is 0. The first-order chi connectivity index (χ1) is 8.78. The molecule has 2 rings (SSSR count). The third kappa shape index (κ3) is 3.64. The number of benzene rings is 1. The van der Waals surface area contributed by atoms with Gasteiger partial charge in [-0.05, 0) is 42.8 Å². The topological polar surface area (TPSA) is 34.1 Å². The summed E-state index contributed by atoms with van der Waals surface area (Å²) < 4.78 is 5.52. The Morgan fingerprint density at radius 2 is 1.94 bits per heavy atom. The Kier molecular flexibility index (Phi) is 4.42. The largest absolute Gasteiger partial charge is 0.494 e. The SMILES string of the molecule is CCCOc1ccc(Nc2ccnc(Cl)c2)cc1. The molecule has 2 aromatic rings. The highest BCUT2D eigenvalue weighted by molar-refractivity contribution is 6.29. The molecule has 94 valence electrons. The Morgan fingerprint density at radius 1 is 1.17 bits per heavy atom. The van der Waals surface area contributed by atoms with Gasteiger partial charge < -0.3 is 10.1 Å². The van der Waals surface area contributed by atoms with Gasteiger partial charge in [0.05, 0.1) is 6.61 Å². The van der Waals surface area contributed by atoms with Crippen LogP contribution in [-0.4, -0.2) is 11.6 Å². The number of anilines is 2. The lowest BCUT2D eigenvalue weighted by atomic mass is 10.3. The van der Waals surface area contributed by atoms with Crippen molar-refractivity contribution in [3.8, 4) is 5.75 Å². The van der Waals surface area contributed by atoms with Crippen molar-refractivity contribution in [2.75, 3.05) is 11.9 Å². The maximum atomic E-state index is 5.82. The van der Waals surface area contributed by atoms with Gasteiger partial charge in [0.15, 0.2) is 0 Å². The van der Waals surface area contributed by atoms with Gasteiger partial charge in [-0.3, -0.25) is 0 Å². The fourth-order valence-corrected chi connectivity index (χ4v) is 1.68. The summed E-state index contributed by atoms with van der Waals surface area (Å²) in [6.07, 6.45) is 2.68. The highest BCUT2D eigenvalue weighted by atomic mass is 35.5. The number of aromatic nitrogens is 1. The summed E-state index contributed by atoms with van der Waals surface area (Å²) in [5.41, 5.74) is 1.90. The minimum absolute atomic E-state index is 0.475. The molecule has 0 saturated carbocycles. The van der Waals surface area contributed by atoms with Crippen molar-refractivity contribution in [1.29, 1.82) is 0 Å². The molecule has 0 spiro atoms. The highest BCUT2D eigenvalue weighted by Crippen LogP contribution is 2.21. The lowest BCUT2D eigenvalue weighted by molar-refractivity contribution is 0.317. The van der Waals surface area contributed by atoms with Crippen LogP contribution in [0.2, 0.25) is 5.15 Å². The Morgan fingerprint density at radius 3 is 2.61 bits per heavy atom. The summed E-state index contributed by atoms with van der Waals surface area (Å²) in [6.45, 7) is 2.83. The van der Waals surface area contributed by atoms with E-state index in [0.29, 0.717) is 5.15 Å². The van der Waals surface area contributed by atoms with E-state index >= 15 is 0 Å². The van der Waals surface area contributed by atoms with Crippen LogP contribution >= 0.6 is 11.6 Å². The number of pyridine rings is 1. The maximum absolute atomic E-state index is 5.82. The first-order valence-corrected chi connectivity index (χ1v) is 6.27. The van der Waals surface area contributed by atoms with E-state index in [4.69, 9.17) is 16.3 Å². The van der Waals surface area contributed by atoms with E-state index < -0.39 is 0 Å². The number of hydrogen-bond donors (Lipinski definition) is 1. The van der Waals surface area contributed by atoms with Gasteiger partial charge in [-0.2, -0.15) is 0 Å². The minimum atomic E-state index is 0.475. The van der Waals surface area contributed by atoms with E-state index in [-0.39, 0.29) is 0 Å². The maximum Gasteiger partial charge on any atom is 0.131 e. The van der Waals surface area contributed by atoms with E-state index in [1.165, 1.54) is 0 Å². The Balaban J connectivity index is 2.02. The predicted octanol–water partition coefficient (Wildman–Crippen LogP) is 4.27. The van der Waals surface area contributed by atoms with Gasteiger partial charge >= 0.3 is 0 Å². The van der Waals surface area contributed by atoms with Crippen molar-refractivity contribution in [1.82, 2.24) is 4.98 Å². The van der Waals surface area contributed by atoms with Gasteiger partial charge in [0.2, 0.25) is 0 Å². The molecule has 0 atom stereocenters. The summed E-state index contributed by atoms with van der Waals surface area (Å²) in [6, 6.07) is 11.5. The van der Waals surface area contributed by atoms with Crippen LogP contribution in [-0.2, 0) is 0 Å². The van der Waals surface area contributed by atoms with E-state index in [1.807, 2.05) is 30.3 Å². The smallest absolute Gasteiger partial charge is 0.131 e. The lowest BCUT2D eigenvalue weighted by Crippen LogP contribution is -1.95. The molecule has 0 unspecified atom stereocenters. The molecule has 0 aliphatic heterocycles. The van der Waals surface area contributed by atoms with Crippen LogP contribution in [0.3, 0.4) is 0 Å². The fraction of sp³-hybridized carbons (Fsp3) is 0.214. The van der Waals surface area contributed by atoms with Crippen LogP contribution in [0.25, 0.3) is 0 Å². The average molecular weight is 263 g/mol. The summed E-state index contributed by atoms with van der Waals surface area (Å²) in [4.78, 5) is 3.93. The van der Waals surface area contributed by atoms with Crippen LogP contribution < -0.4 is 10.1 Å². The van der Waals surface area contributed by atoms with E-state index in [9.17, 15) is 0 Å². The molecular formula is C14H15ClN2O. The van der Waals surface area contributed by atoms with Crippen molar-refractivity contribution in [3.63, 3.8) is 0 Å². The number of nitrogens with zero attached hydrogens (tertiary/aromatic N) is 1. The highest BCUT2D eigenvalue weighted by Gasteiger charge is 1.97. The molecule has 4 heteroatoms. The van der Waals surface area contributed by atoms with Crippen molar-refractivity contribution in [3.05, 3.63) is 47.7 Å². The van der Waals surface area contributed by atoms with E-state index in [0.717, 1.165) is 30.2 Å². The number of nitrogens with one attached hydrogen (secondary N) is 1. The second-order valence-corrected chi connectivity index (χ2v) is 4.25. The molecule has 0 saturated heterocycles. The molecule has 3 nitrogen and oxygen atoms in total. The summed E-state index contributed by atoms with van der Waals surface area (Å²) >= 11 is 5.82. The van der Waals surface area contributed by atoms with Crippen LogP contribution in [0, 0.1) is 0 Å². The van der Waals surface area contributed by atoms with Gasteiger partial charge in [0.25, 0.3) is 0 Å². The number of halogens is 1. The van der Waals surface area contributed by atoms with E-state index in [2.05, 4.69) is 17.2 Å². The number of hydrogen-bond acceptors (Lipinski definition) is 3. The van der Waals surface area contributed by atoms with Gasteiger partial charge in [0.1, 0.15) is 10.9 Å². The molecule has 1 heterocycles. The normalized spacial score (nSPS) is 10.1. The zero-order valence-electron chi connectivity index (χ0n) is 10.2. The van der Waals surface area contributed by atoms with Crippen molar-refractivity contribution in [2.45, 2.75) is 13.3 Å². The molecule has 0 radical (unpaired) electrons. The Bertz CT molecular complexity index is 499. The molecule has 0 aliphatic carbocycles. The third-order valence-electron chi connectivity index (χ3n) is 2.34. The first-order valence-electron chi connectivity index (χ1n) is 5.89. The van der Waals surface area contributed by atoms with Crippen molar-refractivity contribution < 1.29 is 4.74 Å². The first kappa shape index (κ1) is 12.7. The number of rotatable bonds is 5. The average Bonchev–Trinajstić information content (AvgIpc) is 2.38. The van der Waals surface area contributed by atoms with Crippen LogP contribution in [0.15, 0.2) is 42.6 Å². The molecule has 0 fully saturated rings. The van der Waals surface area contributed by atoms with Crippen molar-refractivity contribution >= 4 is 23.0 Å². The summed E-state index contributed by atoms with van der Waals surface area (Å²) in [5, 5.41) is 3.72. The zero-order valence-corrected chi connectivity index (χ0v) is 10.9.